The van der Waals surface area contributed by atoms with Crippen LogP contribution in [-0.4, -0.2) is 45.8 Å². The molecule has 0 radical (unpaired) electrons. The molecule has 7 heteroatoms. The van der Waals surface area contributed by atoms with E-state index in [4.69, 9.17) is 10.2 Å². The van der Waals surface area contributed by atoms with Crippen molar-refractivity contribution in [1.82, 2.24) is 5.32 Å². The van der Waals surface area contributed by atoms with Crippen LogP contribution in [0.5, 0.6) is 0 Å². The number of carbonyl (C=O) groups excluding carboxylic acids is 2. The Labute approximate surface area is 123 Å². The van der Waals surface area contributed by atoms with Crippen molar-refractivity contribution >= 4 is 23.5 Å². The highest BCUT2D eigenvalue weighted by Gasteiger charge is 2.24. The summed E-state index contributed by atoms with van der Waals surface area (Å²) in [4.78, 5) is 44.4. The third-order valence-electron chi connectivity index (χ3n) is 3.40. The first-order valence-electron chi connectivity index (χ1n) is 6.89. The van der Waals surface area contributed by atoms with Crippen LogP contribution >= 0.6 is 0 Å². The minimum absolute atomic E-state index is 0.00767. The topological polar surface area (TPSA) is 121 Å². The summed E-state index contributed by atoms with van der Waals surface area (Å²) in [7, 11) is 0. The minimum atomic E-state index is -1.19. The molecule has 0 aromatic heterocycles. The van der Waals surface area contributed by atoms with Gasteiger partial charge in [-0.25, -0.2) is 0 Å². The molecule has 3 N–H and O–H groups in total. The maximum Gasteiger partial charge on any atom is 0.320 e. The Balaban J connectivity index is 4.37. The molecule has 7 nitrogen and oxygen atoms in total. The van der Waals surface area contributed by atoms with Crippen molar-refractivity contribution in [2.45, 2.75) is 58.5 Å². The van der Waals surface area contributed by atoms with Gasteiger partial charge in [0, 0.05) is 18.8 Å². The van der Waals surface area contributed by atoms with E-state index in [9.17, 15) is 19.2 Å². The van der Waals surface area contributed by atoms with Crippen LogP contribution in [0.15, 0.2) is 0 Å². The summed E-state index contributed by atoms with van der Waals surface area (Å²) in [6, 6.07) is -1.77. The summed E-state index contributed by atoms with van der Waals surface area (Å²) >= 11 is 0. The molecule has 0 rings (SSSR count). The number of aliphatic carboxylic acids is 2. The highest BCUT2D eigenvalue weighted by molar-refractivity contribution is 5.85. The van der Waals surface area contributed by atoms with Crippen molar-refractivity contribution in [2.24, 2.45) is 5.92 Å². The van der Waals surface area contributed by atoms with Gasteiger partial charge in [-0.2, -0.15) is 0 Å². The van der Waals surface area contributed by atoms with Gasteiger partial charge in [-0.15, -0.1) is 0 Å². The van der Waals surface area contributed by atoms with Gasteiger partial charge in [0.05, 0.1) is 6.04 Å². The SMILES string of the molecule is CC(=O)C(C)CCC(=O)[C@H](C)NC(CCC(=O)O)C(=O)O. The average molecular weight is 301 g/mol. The quantitative estimate of drug-likeness (QED) is 0.517. The molecule has 21 heavy (non-hydrogen) atoms. The standard InChI is InChI=1S/C14H23NO6/c1-8(10(3)16)4-6-12(17)9(2)15-11(14(20)21)5-7-13(18)19/h8-9,11,15H,4-7H2,1-3H3,(H,18,19)(H,20,21)/t8?,9-,11?/m0/s1. The smallest absolute Gasteiger partial charge is 0.320 e. The molecule has 0 spiro atoms. The van der Waals surface area contributed by atoms with E-state index in [1.54, 1.807) is 6.92 Å². The van der Waals surface area contributed by atoms with E-state index in [0.29, 0.717) is 6.42 Å². The lowest BCUT2D eigenvalue weighted by Gasteiger charge is -2.19. The van der Waals surface area contributed by atoms with E-state index in [2.05, 4.69) is 5.32 Å². The monoisotopic (exact) mass is 301 g/mol. The second-order valence-corrected chi connectivity index (χ2v) is 5.23. The van der Waals surface area contributed by atoms with E-state index >= 15 is 0 Å². The number of Topliss-reactive ketones (excluding diaryl/α,β-unsaturated/α-hetero) is 2. The van der Waals surface area contributed by atoms with Crippen molar-refractivity contribution in [3.63, 3.8) is 0 Å². The number of nitrogens with one attached hydrogen (secondary N) is 1. The number of hydrogen-bond acceptors (Lipinski definition) is 5. The number of hydrogen-bond donors (Lipinski definition) is 3. The molecule has 3 atom stereocenters. The van der Waals surface area contributed by atoms with E-state index in [0.717, 1.165) is 0 Å². The lowest BCUT2D eigenvalue weighted by molar-refractivity contribution is -0.141. The molecular weight excluding hydrogens is 278 g/mol. The van der Waals surface area contributed by atoms with Crippen LogP contribution in [0.2, 0.25) is 0 Å². The molecule has 0 aromatic rings. The molecule has 0 aromatic carbocycles. The molecule has 2 unspecified atom stereocenters. The summed E-state index contributed by atoms with van der Waals surface area (Å²) in [6.45, 7) is 4.74. The normalized spacial score (nSPS) is 15.0. The molecule has 0 aliphatic heterocycles. The molecule has 0 fully saturated rings. The maximum absolute atomic E-state index is 11.9. The van der Waals surface area contributed by atoms with E-state index in [1.165, 1.54) is 13.8 Å². The lowest BCUT2D eigenvalue weighted by Crippen LogP contribution is -2.45. The Bertz CT molecular complexity index is 406. The summed E-state index contributed by atoms with van der Waals surface area (Å²) in [5, 5.41) is 20.2. The lowest BCUT2D eigenvalue weighted by atomic mass is 9.97. The third kappa shape index (κ3) is 8.19. The first-order valence-corrected chi connectivity index (χ1v) is 6.89. The molecule has 0 amide bonds. The minimum Gasteiger partial charge on any atom is -0.481 e. The Morgan fingerprint density at radius 2 is 1.57 bits per heavy atom. The van der Waals surface area contributed by atoms with Gasteiger partial charge in [-0.1, -0.05) is 6.92 Å². The summed E-state index contributed by atoms with van der Waals surface area (Å²) in [5.41, 5.74) is 0. The zero-order valence-corrected chi connectivity index (χ0v) is 12.6. The zero-order chi connectivity index (χ0) is 16.6. The van der Waals surface area contributed by atoms with Crippen LogP contribution in [0.4, 0.5) is 0 Å². The van der Waals surface area contributed by atoms with Crippen LogP contribution in [0, 0.1) is 5.92 Å². The van der Waals surface area contributed by atoms with Gasteiger partial charge >= 0.3 is 11.9 Å². The van der Waals surface area contributed by atoms with E-state index < -0.39 is 24.0 Å². The predicted molar refractivity (Wildman–Crippen MR) is 75.0 cm³/mol. The van der Waals surface area contributed by atoms with Crippen LogP contribution in [0.25, 0.3) is 0 Å². The molecular formula is C14H23NO6. The summed E-state index contributed by atoms with van der Waals surface area (Å²) in [5.74, 6) is -2.66. The first kappa shape index (κ1) is 19.2. The number of rotatable bonds is 11. The number of carbonyl (C=O) groups is 4. The van der Waals surface area contributed by atoms with Gasteiger partial charge in [-0.05, 0) is 26.7 Å². The van der Waals surface area contributed by atoms with Crippen molar-refractivity contribution in [1.29, 1.82) is 0 Å². The summed E-state index contributed by atoms with van der Waals surface area (Å²) in [6.07, 6.45) is 0.228. The molecule has 0 bridgehead atoms. The second kappa shape index (κ2) is 9.23. The highest BCUT2D eigenvalue weighted by atomic mass is 16.4. The fraction of sp³-hybridized carbons (Fsp3) is 0.714. The van der Waals surface area contributed by atoms with Crippen molar-refractivity contribution in [3.8, 4) is 0 Å². The van der Waals surface area contributed by atoms with Gasteiger partial charge in [0.1, 0.15) is 17.6 Å². The second-order valence-electron chi connectivity index (χ2n) is 5.23. The van der Waals surface area contributed by atoms with E-state index in [-0.39, 0.29) is 36.7 Å². The van der Waals surface area contributed by atoms with Crippen molar-refractivity contribution < 1.29 is 29.4 Å². The molecule has 0 heterocycles. The van der Waals surface area contributed by atoms with Gasteiger partial charge in [0.15, 0.2) is 0 Å². The number of carboxylic acids is 2. The van der Waals surface area contributed by atoms with Crippen LogP contribution in [-0.2, 0) is 19.2 Å². The Morgan fingerprint density at radius 3 is 2.00 bits per heavy atom. The largest absolute Gasteiger partial charge is 0.481 e. The van der Waals surface area contributed by atoms with Crippen LogP contribution in [0.1, 0.15) is 46.5 Å². The zero-order valence-electron chi connectivity index (χ0n) is 12.6. The third-order valence-corrected chi connectivity index (χ3v) is 3.40. The fourth-order valence-corrected chi connectivity index (χ4v) is 1.72. The number of ketones is 2. The van der Waals surface area contributed by atoms with Crippen molar-refractivity contribution in [2.75, 3.05) is 0 Å². The molecule has 0 saturated heterocycles. The fourth-order valence-electron chi connectivity index (χ4n) is 1.72. The average Bonchev–Trinajstić information content (AvgIpc) is 2.38. The molecule has 120 valence electrons. The predicted octanol–water partition coefficient (Wildman–Crippen LogP) is 0.857. The highest BCUT2D eigenvalue weighted by Crippen LogP contribution is 2.09. The van der Waals surface area contributed by atoms with Crippen LogP contribution < -0.4 is 5.32 Å². The van der Waals surface area contributed by atoms with E-state index in [1.807, 2.05) is 0 Å². The Kier molecular flexibility index (Phi) is 8.45. The van der Waals surface area contributed by atoms with Crippen LogP contribution in [0.3, 0.4) is 0 Å². The maximum atomic E-state index is 11.9. The van der Waals surface area contributed by atoms with Gasteiger partial charge < -0.3 is 10.2 Å². The Morgan fingerprint density at radius 1 is 1.00 bits per heavy atom. The molecule has 0 aliphatic carbocycles. The molecule has 0 aliphatic rings. The molecule has 0 saturated carbocycles. The number of carboxylic acid groups (broad SMARTS) is 2. The first-order chi connectivity index (χ1) is 9.65. The van der Waals surface area contributed by atoms with Gasteiger partial charge in [0.2, 0.25) is 0 Å². The Hall–Kier alpha value is -1.76. The summed E-state index contributed by atoms with van der Waals surface area (Å²) < 4.78 is 0. The van der Waals surface area contributed by atoms with Gasteiger partial charge in [0.25, 0.3) is 0 Å². The van der Waals surface area contributed by atoms with Crippen molar-refractivity contribution in [3.05, 3.63) is 0 Å². The van der Waals surface area contributed by atoms with Gasteiger partial charge in [-0.3, -0.25) is 24.5 Å².